The highest BCUT2D eigenvalue weighted by molar-refractivity contribution is 6.05. The molecule has 1 rings (SSSR count). The van der Waals surface area contributed by atoms with E-state index in [1.807, 2.05) is 20.8 Å². The Balaban J connectivity index is 2.61. The van der Waals surface area contributed by atoms with Crippen molar-refractivity contribution in [2.75, 3.05) is 6.54 Å². The number of amides is 2. The summed E-state index contributed by atoms with van der Waals surface area (Å²) in [5, 5.41) is 3.03. The second-order valence-corrected chi connectivity index (χ2v) is 4.29. The lowest BCUT2D eigenvalue weighted by molar-refractivity contribution is -0.140. The predicted molar refractivity (Wildman–Crippen MR) is 58.2 cm³/mol. The average molecular weight is 210 g/mol. The van der Waals surface area contributed by atoms with Crippen LogP contribution in [0.15, 0.2) is 12.2 Å². The van der Waals surface area contributed by atoms with Crippen molar-refractivity contribution in [1.29, 1.82) is 0 Å². The van der Waals surface area contributed by atoms with Gasteiger partial charge in [0.1, 0.15) is 0 Å². The Bertz CT molecular complexity index is 297. The average Bonchev–Trinajstić information content (AvgIpc) is 2.37. The molecule has 1 aliphatic heterocycles. The lowest BCUT2D eigenvalue weighted by Gasteiger charge is -2.19. The Morgan fingerprint density at radius 3 is 2.60 bits per heavy atom. The molecule has 1 atom stereocenters. The van der Waals surface area contributed by atoms with Crippen LogP contribution in [0, 0.1) is 0 Å². The van der Waals surface area contributed by atoms with Crippen molar-refractivity contribution < 1.29 is 9.59 Å². The van der Waals surface area contributed by atoms with E-state index in [1.54, 1.807) is 0 Å². The number of imide groups is 1. The number of nitrogens with one attached hydrogen (secondary N) is 1. The summed E-state index contributed by atoms with van der Waals surface area (Å²) in [6, 6.07) is -0.418. The molecule has 84 valence electrons. The summed E-state index contributed by atoms with van der Waals surface area (Å²) in [5.41, 5.74) is 0.957. The largest absolute Gasteiger partial charge is 0.302 e. The zero-order valence-corrected chi connectivity index (χ0v) is 9.54. The Morgan fingerprint density at radius 1 is 1.60 bits per heavy atom. The van der Waals surface area contributed by atoms with E-state index in [4.69, 9.17) is 0 Å². The standard InChI is InChI=1S/C11H18N2O2/c1-7(2)6-12-9-5-10(14)13(8(3)4)11(9)15/h8-9,12H,1,5-6H2,2-4H3. The summed E-state index contributed by atoms with van der Waals surface area (Å²) >= 11 is 0. The number of hydrogen-bond acceptors (Lipinski definition) is 3. The normalized spacial score (nSPS) is 21.6. The lowest BCUT2D eigenvalue weighted by atomic mass is 10.2. The van der Waals surface area contributed by atoms with Crippen molar-refractivity contribution >= 4 is 11.8 Å². The van der Waals surface area contributed by atoms with E-state index in [2.05, 4.69) is 11.9 Å². The van der Waals surface area contributed by atoms with Gasteiger partial charge in [-0.05, 0) is 20.8 Å². The molecular formula is C11H18N2O2. The predicted octanol–water partition coefficient (Wildman–Crippen LogP) is 0.688. The van der Waals surface area contributed by atoms with E-state index in [9.17, 15) is 9.59 Å². The van der Waals surface area contributed by atoms with Crippen LogP contribution in [0.4, 0.5) is 0 Å². The van der Waals surface area contributed by atoms with Gasteiger partial charge in [-0.25, -0.2) is 0 Å². The Kier molecular flexibility index (Phi) is 3.63. The fourth-order valence-electron chi connectivity index (χ4n) is 1.65. The molecular weight excluding hydrogens is 192 g/mol. The maximum absolute atomic E-state index is 11.8. The number of likely N-dealkylation sites (tertiary alicyclic amines) is 1. The van der Waals surface area contributed by atoms with Gasteiger partial charge in [0.15, 0.2) is 0 Å². The van der Waals surface area contributed by atoms with Crippen LogP contribution in [0.1, 0.15) is 27.2 Å². The van der Waals surface area contributed by atoms with Crippen molar-refractivity contribution in [3.05, 3.63) is 12.2 Å². The first kappa shape index (κ1) is 11.9. The van der Waals surface area contributed by atoms with Gasteiger partial charge in [0.05, 0.1) is 12.5 Å². The third-order valence-electron chi connectivity index (χ3n) is 2.35. The van der Waals surface area contributed by atoms with Gasteiger partial charge < -0.3 is 5.32 Å². The number of rotatable bonds is 4. The van der Waals surface area contributed by atoms with Crippen LogP contribution in [0.5, 0.6) is 0 Å². The molecule has 0 aliphatic carbocycles. The minimum absolute atomic E-state index is 0.0540. The maximum Gasteiger partial charge on any atom is 0.247 e. The molecule has 0 saturated carbocycles. The minimum Gasteiger partial charge on any atom is -0.302 e. The van der Waals surface area contributed by atoms with Gasteiger partial charge in [0.2, 0.25) is 11.8 Å². The monoisotopic (exact) mass is 210 g/mol. The van der Waals surface area contributed by atoms with Crippen LogP contribution < -0.4 is 5.32 Å². The topological polar surface area (TPSA) is 49.4 Å². The van der Waals surface area contributed by atoms with Crippen molar-refractivity contribution in [2.24, 2.45) is 0 Å². The zero-order valence-electron chi connectivity index (χ0n) is 9.54. The first-order valence-corrected chi connectivity index (χ1v) is 5.17. The highest BCUT2D eigenvalue weighted by Crippen LogP contribution is 2.16. The zero-order chi connectivity index (χ0) is 11.6. The molecule has 2 amide bonds. The fourth-order valence-corrected chi connectivity index (χ4v) is 1.65. The maximum atomic E-state index is 11.8. The van der Waals surface area contributed by atoms with Crippen LogP contribution >= 0.6 is 0 Å². The molecule has 0 aromatic heterocycles. The number of nitrogens with zero attached hydrogens (tertiary/aromatic N) is 1. The summed E-state index contributed by atoms with van der Waals surface area (Å²) in [6.07, 6.45) is 0.268. The van der Waals surface area contributed by atoms with Crippen molar-refractivity contribution in [3.8, 4) is 0 Å². The molecule has 4 heteroatoms. The van der Waals surface area contributed by atoms with Crippen LogP contribution in [0.25, 0.3) is 0 Å². The van der Waals surface area contributed by atoms with Gasteiger partial charge in [0.25, 0.3) is 0 Å². The molecule has 1 heterocycles. The molecule has 0 radical (unpaired) electrons. The molecule has 1 N–H and O–H groups in total. The van der Waals surface area contributed by atoms with E-state index < -0.39 is 0 Å². The van der Waals surface area contributed by atoms with Gasteiger partial charge in [-0.3, -0.25) is 14.5 Å². The van der Waals surface area contributed by atoms with Crippen LogP contribution in [-0.2, 0) is 9.59 Å². The molecule has 4 nitrogen and oxygen atoms in total. The Morgan fingerprint density at radius 2 is 2.20 bits per heavy atom. The van der Waals surface area contributed by atoms with Crippen LogP contribution in [0.2, 0.25) is 0 Å². The summed E-state index contributed by atoms with van der Waals surface area (Å²) in [6.45, 7) is 9.89. The van der Waals surface area contributed by atoms with Gasteiger partial charge in [-0.15, -0.1) is 0 Å². The molecule has 0 aromatic carbocycles. The van der Waals surface area contributed by atoms with Gasteiger partial charge in [-0.1, -0.05) is 12.2 Å². The van der Waals surface area contributed by atoms with Gasteiger partial charge in [0, 0.05) is 12.6 Å². The van der Waals surface area contributed by atoms with Crippen molar-refractivity contribution in [2.45, 2.75) is 39.3 Å². The molecule has 1 unspecified atom stereocenters. The lowest BCUT2D eigenvalue weighted by Crippen LogP contribution is -2.42. The van der Waals surface area contributed by atoms with E-state index in [-0.39, 0.29) is 30.3 Å². The summed E-state index contributed by atoms with van der Waals surface area (Å²) in [7, 11) is 0. The van der Waals surface area contributed by atoms with Gasteiger partial charge >= 0.3 is 0 Å². The summed E-state index contributed by atoms with van der Waals surface area (Å²) in [4.78, 5) is 24.6. The molecule has 1 aliphatic rings. The van der Waals surface area contributed by atoms with Gasteiger partial charge in [-0.2, -0.15) is 0 Å². The van der Waals surface area contributed by atoms with Crippen LogP contribution in [0.3, 0.4) is 0 Å². The first-order chi connectivity index (χ1) is 6.93. The third kappa shape index (κ3) is 2.65. The second kappa shape index (κ2) is 4.57. The molecule has 15 heavy (non-hydrogen) atoms. The number of carbonyl (C=O) groups excluding carboxylic acids is 2. The highest BCUT2D eigenvalue weighted by atomic mass is 16.2. The molecule has 0 bridgehead atoms. The Labute approximate surface area is 90.3 Å². The molecule has 0 spiro atoms. The highest BCUT2D eigenvalue weighted by Gasteiger charge is 2.39. The third-order valence-corrected chi connectivity index (χ3v) is 2.35. The number of hydrogen-bond donors (Lipinski definition) is 1. The second-order valence-electron chi connectivity index (χ2n) is 4.29. The smallest absolute Gasteiger partial charge is 0.247 e. The Hall–Kier alpha value is -1.16. The van der Waals surface area contributed by atoms with Crippen molar-refractivity contribution in [1.82, 2.24) is 10.2 Å². The molecule has 1 fully saturated rings. The van der Waals surface area contributed by atoms with E-state index in [0.29, 0.717) is 6.54 Å². The summed E-state index contributed by atoms with van der Waals surface area (Å²) in [5.74, 6) is -0.203. The summed E-state index contributed by atoms with van der Waals surface area (Å²) < 4.78 is 0. The number of carbonyl (C=O) groups is 2. The van der Waals surface area contributed by atoms with Crippen LogP contribution in [-0.4, -0.2) is 35.3 Å². The van der Waals surface area contributed by atoms with E-state index in [0.717, 1.165) is 5.57 Å². The van der Waals surface area contributed by atoms with E-state index >= 15 is 0 Å². The van der Waals surface area contributed by atoms with E-state index in [1.165, 1.54) is 4.90 Å². The quantitative estimate of drug-likeness (QED) is 0.548. The minimum atomic E-state index is -0.364. The fraction of sp³-hybridized carbons (Fsp3) is 0.636. The van der Waals surface area contributed by atoms with Crippen molar-refractivity contribution in [3.63, 3.8) is 0 Å². The SMILES string of the molecule is C=C(C)CNC1CC(=O)N(C(C)C)C1=O. The molecule has 0 aromatic rings. The molecule has 1 saturated heterocycles. The first-order valence-electron chi connectivity index (χ1n) is 5.17.